The molecule has 4 rings (SSSR count). The highest BCUT2D eigenvalue weighted by Gasteiger charge is 2.27. The summed E-state index contributed by atoms with van der Waals surface area (Å²) in [6.07, 6.45) is 3.56. The van der Waals surface area contributed by atoms with E-state index in [9.17, 15) is 27.9 Å². The molecular formula is C37H43N5O8S3. The smallest absolute Gasteiger partial charge is 0.436 e. The first-order valence-corrected chi connectivity index (χ1v) is 20.0. The molecule has 0 unspecified atom stereocenters. The van der Waals surface area contributed by atoms with Crippen molar-refractivity contribution in [2.75, 3.05) is 29.2 Å². The normalized spacial score (nSPS) is 11.9. The summed E-state index contributed by atoms with van der Waals surface area (Å²) >= 11 is 2.30. The maximum absolute atomic E-state index is 14.1. The van der Waals surface area contributed by atoms with Gasteiger partial charge in [-0.1, -0.05) is 31.9 Å². The lowest BCUT2D eigenvalue weighted by Crippen LogP contribution is -2.24. The summed E-state index contributed by atoms with van der Waals surface area (Å²) in [7, 11) is -4.12. The fraction of sp³-hybridized carbons (Fsp3) is 0.297. The molecule has 3 amide bonds. The van der Waals surface area contributed by atoms with E-state index >= 15 is 0 Å². The second-order valence-corrected chi connectivity index (χ2v) is 16.9. The number of thiophene rings is 1. The molecule has 16 heteroatoms. The number of nitrogens with one attached hydrogen (secondary N) is 2. The van der Waals surface area contributed by atoms with Crippen LogP contribution in [0.3, 0.4) is 0 Å². The van der Waals surface area contributed by atoms with Gasteiger partial charge < -0.3 is 36.7 Å². The average molecular weight is 782 g/mol. The Balaban J connectivity index is 1.64. The van der Waals surface area contributed by atoms with Crippen LogP contribution >= 0.6 is 23.1 Å². The summed E-state index contributed by atoms with van der Waals surface area (Å²) in [4.78, 5) is 41.5. The molecule has 0 atom stereocenters. The van der Waals surface area contributed by atoms with Crippen LogP contribution in [0.2, 0.25) is 0 Å². The lowest BCUT2D eigenvalue weighted by atomic mass is 9.97. The van der Waals surface area contributed by atoms with E-state index in [-0.39, 0.29) is 43.2 Å². The first-order chi connectivity index (χ1) is 24.9. The highest BCUT2D eigenvalue weighted by Crippen LogP contribution is 2.39. The lowest BCUT2D eigenvalue weighted by molar-refractivity contribution is 0.0602. The van der Waals surface area contributed by atoms with Gasteiger partial charge >= 0.3 is 18.1 Å². The predicted molar refractivity (Wildman–Crippen MR) is 211 cm³/mol. The van der Waals surface area contributed by atoms with Crippen LogP contribution in [-0.4, -0.2) is 55.9 Å². The van der Waals surface area contributed by atoms with Crippen molar-refractivity contribution in [2.45, 2.75) is 73.5 Å². The summed E-state index contributed by atoms with van der Waals surface area (Å²) in [5.74, 6) is -1.18. The summed E-state index contributed by atoms with van der Waals surface area (Å²) in [6.45, 7) is 9.27. The number of nitrogen functional groups attached to an aromatic ring is 1. The first-order valence-electron chi connectivity index (χ1n) is 16.5. The number of benzene rings is 3. The topological polar surface area (TPSA) is 212 Å². The van der Waals surface area contributed by atoms with E-state index in [1.54, 1.807) is 58.2 Å². The third kappa shape index (κ3) is 10.5. The number of carboxylic acids is 1. The maximum Gasteiger partial charge on any atom is 0.436 e. The highest BCUT2D eigenvalue weighted by molar-refractivity contribution is 8.01. The van der Waals surface area contributed by atoms with E-state index in [4.69, 9.17) is 20.9 Å². The number of aryl methyl sites for hydroxylation is 1. The molecule has 4 aromatic rings. The number of hydrogen-bond acceptors (Lipinski definition) is 10. The minimum Gasteiger partial charge on any atom is -0.493 e. The van der Waals surface area contributed by atoms with Crippen molar-refractivity contribution in [1.29, 1.82) is 0 Å². The Morgan fingerprint density at radius 2 is 1.75 bits per heavy atom. The molecule has 0 saturated carbocycles. The Morgan fingerprint density at radius 3 is 2.42 bits per heavy atom. The van der Waals surface area contributed by atoms with Gasteiger partial charge in [-0.15, -0.1) is 23.1 Å². The van der Waals surface area contributed by atoms with Crippen LogP contribution in [-0.2, 0) is 14.6 Å². The Kier molecular flexibility index (Phi) is 13.2. The third-order valence-electron chi connectivity index (χ3n) is 7.51. The van der Waals surface area contributed by atoms with Gasteiger partial charge in [0.2, 0.25) is 9.84 Å². The van der Waals surface area contributed by atoms with E-state index < -0.39 is 33.5 Å². The van der Waals surface area contributed by atoms with Crippen molar-refractivity contribution < 1.29 is 37.4 Å². The van der Waals surface area contributed by atoms with E-state index in [0.717, 1.165) is 30.6 Å². The Labute approximate surface area is 317 Å². The molecule has 1 aromatic heterocycles. The molecule has 3 aromatic carbocycles. The number of unbranched alkanes of at least 4 members (excludes halogenated alkanes) is 2. The second-order valence-electron chi connectivity index (χ2n) is 12.9. The molecule has 0 radical (unpaired) electrons. The van der Waals surface area contributed by atoms with E-state index in [1.165, 1.54) is 48.2 Å². The molecule has 7 N–H and O–H groups in total. The molecule has 0 saturated heterocycles. The van der Waals surface area contributed by atoms with E-state index in [2.05, 4.69) is 22.5 Å². The van der Waals surface area contributed by atoms with Crippen LogP contribution in [0.1, 0.15) is 67.8 Å². The number of amidine groups is 1. The Bertz CT molecular complexity index is 2160. The van der Waals surface area contributed by atoms with Crippen molar-refractivity contribution in [1.82, 2.24) is 0 Å². The molecule has 0 aliphatic rings. The quantitative estimate of drug-likeness (QED) is 0.0286. The van der Waals surface area contributed by atoms with Gasteiger partial charge in [-0.05, 0) is 100 Å². The second kappa shape index (κ2) is 17.2. The molecule has 282 valence electrons. The van der Waals surface area contributed by atoms with Crippen molar-refractivity contribution in [3.8, 4) is 16.9 Å². The zero-order valence-corrected chi connectivity index (χ0v) is 32.7. The molecule has 1 heterocycles. The van der Waals surface area contributed by atoms with Gasteiger partial charge in [0.15, 0.2) is 0 Å². The molecule has 53 heavy (non-hydrogen) atoms. The number of hydrogen-bond donors (Lipinski definition) is 5. The molecule has 13 nitrogen and oxygen atoms in total. The van der Waals surface area contributed by atoms with Gasteiger partial charge in [0.05, 0.1) is 31.2 Å². The number of carbonyl (C=O) groups excluding carboxylic acids is 2. The summed E-state index contributed by atoms with van der Waals surface area (Å²) in [5, 5.41) is 15.2. The number of thioether (sulfide) groups is 1. The number of nitrogens with two attached hydrogens (primary N) is 2. The fourth-order valence-electron chi connectivity index (χ4n) is 5.21. The molecule has 0 fully saturated rings. The summed E-state index contributed by atoms with van der Waals surface area (Å²) < 4.78 is 39.5. The van der Waals surface area contributed by atoms with Crippen LogP contribution in [0.4, 0.5) is 26.7 Å². The number of sulfone groups is 1. The summed E-state index contributed by atoms with van der Waals surface area (Å²) in [6, 6.07) is 14.5. The zero-order chi connectivity index (χ0) is 39.1. The van der Waals surface area contributed by atoms with Crippen molar-refractivity contribution >= 4 is 73.9 Å². The number of anilines is 3. The molecule has 0 aliphatic carbocycles. The maximum atomic E-state index is 14.1. The number of urea groups is 1. The van der Waals surface area contributed by atoms with Gasteiger partial charge in [-0.25, -0.2) is 22.8 Å². The number of rotatable bonds is 13. The van der Waals surface area contributed by atoms with Crippen molar-refractivity contribution in [2.24, 2.45) is 10.7 Å². The van der Waals surface area contributed by atoms with Gasteiger partial charge in [0.1, 0.15) is 22.7 Å². The third-order valence-corrected chi connectivity index (χ3v) is 11.8. The SMILES string of the molecule is CCCCCOc1ccc(NC(=O)Nc2cc(N)cc(C)c2-c2cccc(S(=O)(=O)c3cc(C(N)=NC(=O)OC(C)(C)C)sc3SC)c2)cc1C(=O)O. The van der Waals surface area contributed by atoms with Crippen molar-refractivity contribution in [3.63, 3.8) is 0 Å². The monoisotopic (exact) mass is 781 g/mol. The Hall–Kier alpha value is -5.06. The van der Waals surface area contributed by atoms with Gasteiger partial charge in [0, 0.05) is 16.9 Å². The first kappa shape index (κ1) is 40.7. The van der Waals surface area contributed by atoms with E-state index in [1.807, 2.05) is 0 Å². The molecule has 0 spiro atoms. The number of carboxylic acid groups (broad SMARTS) is 1. The van der Waals surface area contributed by atoms with Crippen LogP contribution < -0.4 is 26.8 Å². The van der Waals surface area contributed by atoms with Crippen LogP contribution in [0.25, 0.3) is 11.1 Å². The number of aromatic carboxylic acids is 1. The zero-order valence-electron chi connectivity index (χ0n) is 30.2. The standard InChI is InChI=1S/C37H43N5O8S3/c1-7-8-9-15-49-28-14-13-24(19-26(28)33(43)44)40-35(45)41-27-18-23(38)16-21(2)31(27)22-11-10-12-25(17-22)53(47,48)30-20-29(52-34(30)51-6)32(39)42-36(46)50-37(3,4)5/h10-14,16-20H,7-9,15,38H2,1-6H3,(H,43,44)(H2,39,42,46)(H2,40,41,45). The predicted octanol–water partition coefficient (Wildman–Crippen LogP) is 8.41. The number of amides is 3. The minimum atomic E-state index is -4.12. The van der Waals surface area contributed by atoms with Gasteiger partial charge in [-0.2, -0.15) is 4.99 Å². The number of aliphatic imine (C=N–C) groups is 1. The van der Waals surface area contributed by atoms with Gasteiger partial charge in [-0.3, -0.25) is 0 Å². The average Bonchev–Trinajstić information content (AvgIpc) is 3.52. The van der Waals surface area contributed by atoms with Crippen LogP contribution in [0, 0.1) is 6.92 Å². The minimum absolute atomic E-state index is 0.00523. The summed E-state index contributed by atoms with van der Waals surface area (Å²) in [5.41, 5.74) is 13.9. The fourth-order valence-corrected chi connectivity index (χ4v) is 9.16. The number of nitrogens with zero attached hydrogens (tertiary/aromatic N) is 1. The largest absolute Gasteiger partial charge is 0.493 e. The molecule has 0 aliphatic heterocycles. The number of ether oxygens (including phenoxy) is 2. The van der Waals surface area contributed by atoms with Gasteiger partial charge in [0.25, 0.3) is 0 Å². The van der Waals surface area contributed by atoms with E-state index in [0.29, 0.717) is 33.2 Å². The van der Waals surface area contributed by atoms with Crippen molar-refractivity contribution in [3.05, 3.63) is 76.7 Å². The highest BCUT2D eigenvalue weighted by atomic mass is 32.2. The number of carbonyl (C=O) groups is 3. The lowest BCUT2D eigenvalue weighted by Gasteiger charge is -2.17. The van der Waals surface area contributed by atoms with Crippen LogP contribution in [0.15, 0.2) is 79.7 Å². The van der Waals surface area contributed by atoms with Crippen LogP contribution in [0.5, 0.6) is 5.75 Å². The molecular weight excluding hydrogens is 739 g/mol. The Morgan fingerprint density at radius 1 is 1.02 bits per heavy atom. The molecule has 0 bridgehead atoms.